The maximum absolute atomic E-state index is 13.1. The number of aromatic nitrogens is 5. The molecule has 4 aromatic heterocycles. The summed E-state index contributed by atoms with van der Waals surface area (Å²) in [6.07, 6.45) is 6.96. The quantitative estimate of drug-likeness (QED) is 0.437. The van der Waals surface area contributed by atoms with Gasteiger partial charge in [-0.15, -0.1) is 11.3 Å². The standard InChI is InChI=1S/C22H18N6OS/c1-26(15-16-5-7-17(8-6-16)27-12-3-10-24-27)22(29)18-14-25-28-19(9-11-23-21(18)28)20-4-2-13-30-20/h2-14H,15H2,1H3. The topological polar surface area (TPSA) is 68.3 Å². The van der Waals surface area contributed by atoms with E-state index in [0.29, 0.717) is 17.8 Å². The van der Waals surface area contributed by atoms with Crippen molar-refractivity contribution in [3.63, 3.8) is 0 Å². The second-order valence-electron chi connectivity index (χ2n) is 6.88. The van der Waals surface area contributed by atoms with Crippen LogP contribution in [0.25, 0.3) is 21.9 Å². The highest BCUT2D eigenvalue weighted by Crippen LogP contribution is 2.25. The molecule has 0 atom stereocenters. The number of rotatable bonds is 5. The minimum atomic E-state index is -0.114. The number of nitrogens with zero attached hydrogens (tertiary/aromatic N) is 6. The molecule has 148 valence electrons. The fraction of sp³-hybridized carbons (Fsp3) is 0.0909. The summed E-state index contributed by atoms with van der Waals surface area (Å²) in [6.45, 7) is 0.486. The molecule has 0 fully saturated rings. The molecule has 0 bridgehead atoms. The summed E-state index contributed by atoms with van der Waals surface area (Å²) in [4.78, 5) is 20.3. The van der Waals surface area contributed by atoms with E-state index in [9.17, 15) is 4.79 Å². The number of fused-ring (bicyclic) bond motifs is 1. The maximum Gasteiger partial charge on any atom is 0.259 e. The smallest absolute Gasteiger partial charge is 0.259 e. The minimum Gasteiger partial charge on any atom is -0.337 e. The molecule has 1 aromatic carbocycles. The van der Waals surface area contributed by atoms with Crippen LogP contribution in [-0.4, -0.2) is 42.2 Å². The maximum atomic E-state index is 13.1. The zero-order chi connectivity index (χ0) is 20.5. The molecule has 30 heavy (non-hydrogen) atoms. The third-order valence-electron chi connectivity index (χ3n) is 4.88. The van der Waals surface area contributed by atoms with Gasteiger partial charge in [0.05, 0.1) is 22.5 Å². The third-order valence-corrected chi connectivity index (χ3v) is 5.77. The summed E-state index contributed by atoms with van der Waals surface area (Å²) in [5.41, 5.74) is 3.98. The van der Waals surface area contributed by atoms with E-state index < -0.39 is 0 Å². The molecule has 5 rings (SSSR count). The highest BCUT2D eigenvalue weighted by molar-refractivity contribution is 7.13. The molecule has 0 aliphatic rings. The predicted octanol–water partition coefficient (Wildman–Crippen LogP) is 3.92. The Kier molecular flexibility index (Phi) is 4.61. The van der Waals surface area contributed by atoms with Crippen molar-refractivity contribution in [1.29, 1.82) is 0 Å². The third kappa shape index (κ3) is 3.27. The summed E-state index contributed by atoms with van der Waals surface area (Å²) < 4.78 is 3.53. The lowest BCUT2D eigenvalue weighted by Gasteiger charge is -2.17. The van der Waals surface area contributed by atoms with Crippen LogP contribution in [0.2, 0.25) is 0 Å². The van der Waals surface area contributed by atoms with E-state index in [2.05, 4.69) is 15.2 Å². The van der Waals surface area contributed by atoms with Gasteiger partial charge in [-0.3, -0.25) is 4.79 Å². The van der Waals surface area contributed by atoms with Gasteiger partial charge in [0.25, 0.3) is 5.91 Å². The Morgan fingerprint density at radius 1 is 1.07 bits per heavy atom. The second-order valence-corrected chi connectivity index (χ2v) is 7.83. The van der Waals surface area contributed by atoms with Crippen molar-refractivity contribution in [3.05, 3.63) is 89.8 Å². The van der Waals surface area contributed by atoms with Gasteiger partial charge in [0.2, 0.25) is 0 Å². The Balaban J connectivity index is 1.38. The number of hydrogen-bond donors (Lipinski definition) is 0. The first-order valence-corrected chi connectivity index (χ1v) is 10.3. The highest BCUT2D eigenvalue weighted by atomic mass is 32.1. The number of carbonyl (C=O) groups excluding carboxylic acids is 1. The van der Waals surface area contributed by atoms with Crippen LogP contribution in [0.4, 0.5) is 0 Å². The first kappa shape index (κ1) is 18.3. The number of thiophene rings is 1. The van der Waals surface area contributed by atoms with Gasteiger partial charge in [-0.25, -0.2) is 14.2 Å². The van der Waals surface area contributed by atoms with Crippen molar-refractivity contribution in [3.8, 4) is 16.3 Å². The molecule has 0 spiro atoms. The van der Waals surface area contributed by atoms with E-state index >= 15 is 0 Å². The Bertz CT molecular complexity index is 1290. The fourth-order valence-corrected chi connectivity index (χ4v) is 4.12. The van der Waals surface area contributed by atoms with E-state index in [-0.39, 0.29) is 5.91 Å². The first-order valence-electron chi connectivity index (χ1n) is 9.42. The summed E-state index contributed by atoms with van der Waals surface area (Å²) >= 11 is 1.63. The van der Waals surface area contributed by atoms with Crippen molar-refractivity contribution in [1.82, 2.24) is 29.3 Å². The molecular weight excluding hydrogens is 396 g/mol. The van der Waals surface area contributed by atoms with E-state index in [1.54, 1.807) is 51.1 Å². The van der Waals surface area contributed by atoms with Gasteiger partial charge < -0.3 is 4.90 Å². The molecular formula is C22H18N6OS. The van der Waals surface area contributed by atoms with Crippen molar-refractivity contribution >= 4 is 22.9 Å². The molecule has 8 heteroatoms. The number of carbonyl (C=O) groups is 1. The average Bonchev–Trinajstić information content (AvgIpc) is 3.55. The largest absolute Gasteiger partial charge is 0.337 e. The van der Waals surface area contributed by atoms with Crippen LogP contribution < -0.4 is 0 Å². The molecule has 0 saturated carbocycles. The lowest BCUT2D eigenvalue weighted by molar-refractivity contribution is 0.0787. The minimum absolute atomic E-state index is 0.114. The van der Waals surface area contributed by atoms with Gasteiger partial charge in [0, 0.05) is 32.2 Å². The SMILES string of the molecule is CN(Cc1ccc(-n2cccn2)cc1)C(=O)c1cnn2c(-c3cccs3)ccnc12. The second kappa shape index (κ2) is 7.57. The Morgan fingerprint density at radius 3 is 2.67 bits per heavy atom. The van der Waals surface area contributed by atoms with Gasteiger partial charge >= 0.3 is 0 Å². The van der Waals surface area contributed by atoms with E-state index in [0.717, 1.165) is 21.8 Å². The molecule has 0 saturated heterocycles. The summed E-state index contributed by atoms with van der Waals surface area (Å²) in [5, 5.41) is 10.7. The van der Waals surface area contributed by atoms with Crippen LogP contribution >= 0.6 is 11.3 Å². The normalized spacial score (nSPS) is 11.1. The molecule has 0 aliphatic carbocycles. The highest BCUT2D eigenvalue weighted by Gasteiger charge is 2.20. The molecule has 4 heterocycles. The van der Waals surface area contributed by atoms with Crippen LogP contribution in [0, 0.1) is 0 Å². The zero-order valence-electron chi connectivity index (χ0n) is 16.2. The zero-order valence-corrected chi connectivity index (χ0v) is 17.0. The van der Waals surface area contributed by atoms with E-state index in [1.165, 1.54) is 0 Å². The van der Waals surface area contributed by atoms with Gasteiger partial charge in [-0.1, -0.05) is 18.2 Å². The Morgan fingerprint density at radius 2 is 1.93 bits per heavy atom. The van der Waals surface area contributed by atoms with Crippen molar-refractivity contribution in [2.75, 3.05) is 7.05 Å². The molecule has 0 radical (unpaired) electrons. The van der Waals surface area contributed by atoms with Crippen molar-refractivity contribution in [2.45, 2.75) is 6.54 Å². The number of amides is 1. The van der Waals surface area contributed by atoms with Crippen LogP contribution in [0.5, 0.6) is 0 Å². The molecule has 0 unspecified atom stereocenters. The van der Waals surface area contributed by atoms with Gasteiger partial charge in [-0.05, 0) is 41.3 Å². The van der Waals surface area contributed by atoms with Gasteiger partial charge in [0.15, 0.2) is 5.65 Å². The summed E-state index contributed by atoms with van der Waals surface area (Å²) in [5.74, 6) is -0.114. The monoisotopic (exact) mass is 414 g/mol. The average molecular weight is 414 g/mol. The molecule has 7 nitrogen and oxygen atoms in total. The Hall–Kier alpha value is -3.78. The van der Waals surface area contributed by atoms with Crippen LogP contribution in [0.15, 0.2) is 78.7 Å². The molecule has 5 aromatic rings. The number of hydrogen-bond acceptors (Lipinski definition) is 5. The van der Waals surface area contributed by atoms with Crippen LogP contribution in [0.1, 0.15) is 15.9 Å². The first-order chi connectivity index (χ1) is 14.7. The van der Waals surface area contributed by atoms with Gasteiger partial charge in [0.1, 0.15) is 5.56 Å². The van der Waals surface area contributed by atoms with Crippen LogP contribution in [-0.2, 0) is 6.54 Å². The predicted molar refractivity (Wildman–Crippen MR) is 116 cm³/mol. The fourth-order valence-electron chi connectivity index (χ4n) is 3.38. The van der Waals surface area contributed by atoms with E-state index in [4.69, 9.17) is 0 Å². The summed E-state index contributed by atoms with van der Waals surface area (Å²) in [6, 6.07) is 15.8. The summed E-state index contributed by atoms with van der Waals surface area (Å²) in [7, 11) is 1.79. The van der Waals surface area contributed by atoms with Crippen molar-refractivity contribution in [2.24, 2.45) is 0 Å². The lowest BCUT2D eigenvalue weighted by atomic mass is 10.2. The molecule has 1 amide bonds. The molecule has 0 aliphatic heterocycles. The lowest BCUT2D eigenvalue weighted by Crippen LogP contribution is -2.26. The number of benzene rings is 1. The van der Waals surface area contributed by atoms with Gasteiger partial charge in [-0.2, -0.15) is 10.2 Å². The van der Waals surface area contributed by atoms with E-state index in [1.807, 2.05) is 60.1 Å². The molecule has 0 N–H and O–H groups in total. The van der Waals surface area contributed by atoms with Crippen molar-refractivity contribution < 1.29 is 4.79 Å². The van der Waals surface area contributed by atoms with Crippen LogP contribution in [0.3, 0.4) is 0 Å². The Labute approximate surface area is 176 Å².